The number of hydrogen-bond donors (Lipinski definition) is 1. The van der Waals surface area contributed by atoms with Gasteiger partial charge in [0.1, 0.15) is 0 Å². The monoisotopic (exact) mass is 408 g/mol. The predicted molar refractivity (Wildman–Crippen MR) is 110 cm³/mol. The van der Waals surface area contributed by atoms with Gasteiger partial charge in [-0.2, -0.15) is 0 Å². The van der Waals surface area contributed by atoms with E-state index in [-0.39, 0.29) is 36.2 Å². The molecule has 1 atom stereocenters. The fourth-order valence-corrected chi connectivity index (χ4v) is 3.73. The largest absolute Gasteiger partial charge is 0.342 e. The maximum Gasteiger partial charge on any atom is 0.253 e. The van der Waals surface area contributed by atoms with Gasteiger partial charge >= 0.3 is 0 Å². The fourth-order valence-electron chi connectivity index (χ4n) is 3.73. The Labute approximate surface area is 172 Å². The highest BCUT2D eigenvalue weighted by molar-refractivity contribution is 5.99. The van der Waals surface area contributed by atoms with E-state index in [1.165, 1.54) is 0 Å². The Morgan fingerprint density at radius 1 is 1.25 bits per heavy atom. The second-order valence-corrected chi connectivity index (χ2v) is 7.21. The minimum Gasteiger partial charge on any atom is -0.342 e. The number of likely N-dealkylation sites (tertiary alicyclic amines) is 1. The van der Waals surface area contributed by atoms with Crippen LogP contribution >= 0.6 is 12.4 Å². The summed E-state index contributed by atoms with van der Waals surface area (Å²) in [7, 11) is 1.75. The molecule has 7 nitrogen and oxygen atoms in total. The first-order chi connectivity index (χ1) is 13.0. The molecule has 2 saturated heterocycles. The second-order valence-electron chi connectivity index (χ2n) is 7.21. The number of rotatable bonds is 4. The Bertz CT molecular complexity index is 727. The molecule has 2 heterocycles. The third-order valence-corrected chi connectivity index (χ3v) is 5.43. The summed E-state index contributed by atoms with van der Waals surface area (Å²) in [6.07, 6.45) is 1.81. The average Bonchev–Trinajstić information content (AvgIpc) is 2.72. The fraction of sp³-hybridized carbons (Fsp3) is 0.550. The molecule has 28 heavy (non-hydrogen) atoms. The molecular weight excluding hydrogens is 380 g/mol. The van der Waals surface area contributed by atoms with Crippen LogP contribution in [0.3, 0.4) is 0 Å². The molecule has 1 aromatic rings. The molecule has 2 fully saturated rings. The zero-order valence-corrected chi connectivity index (χ0v) is 17.3. The van der Waals surface area contributed by atoms with E-state index >= 15 is 0 Å². The summed E-state index contributed by atoms with van der Waals surface area (Å²) in [5.74, 6) is -0.0538. The quantitative estimate of drug-likeness (QED) is 0.813. The van der Waals surface area contributed by atoms with E-state index in [9.17, 15) is 14.4 Å². The minimum atomic E-state index is -0.0879. The van der Waals surface area contributed by atoms with Crippen LogP contribution < -0.4 is 5.32 Å². The molecule has 3 amide bonds. The zero-order valence-electron chi connectivity index (χ0n) is 16.5. The summed E-state index contributed by atoms with van der Waals surface area (Å²) < 4.78 is 0. The molecule has 1 N–H and O–H groups in total. The van der Waals surface area contributed by atoms with E-state index in [1.807, 2.05) is 16.7 Å². The van der Waals surface area contributed by atoms with Crippen LogP contribution in [0.15, 0.2) is 24.3 Å². The van der Waals surface area contributed by atoms with Crippen molar-refractivity contribution >= 4 is 30.1 Å². The standard InChI is InChI=1S/C20H28N4O3.ClH/c1-3-22(2)19(26)15-6-4-7-16(12-15)20(27)23-10-5-8-17(14-23)24-11-9-21-13-18(24)25;/h4,6-7,12,17,21H,3,5,8-11,13-14H2,1-2H3;1H. The van der Waals surface area contributed by atoms with Crippen molar-refractivity contribution in [3.8, 4) is 0 Å². The summed E-state index contributed by atoms with van der Waals surface area (Å²) in [5, 5.41) is 3.09. The lowest BCUT2D eigenvalue weighted by atomic mass is 10.0. The van der Waals surface area contributed by atoms with Crippen LogP contribution in [-0.4, -0.2) is 84.8 Å². The lowest BCUT2D eigenvalue weighted by Gasteiger charge is -2.41. The van der Waals surface area contributed by atoms with E-state index in [0.717, 1.165) is 19.4 Å². The highest BCUT2D eigenvalue weighted by Gasteiger charge is 2.32. The maximum absolute atomic E-state index is 13.0. The lowest BCUT2D eigenvalue weighted by Crippen LogP contribution is -2.57. The molecule has 1 unspecified atom stereocenters. The molecule has 0 aliphatic carbocycles. The maximum atomic E-state index is 13.0. The predicted octanol–water partition coefficient (Wildman–Crippen LogP) is 1.24. The SMILES string of the molecule is CCN(C)C(=O)c1cccc(C(=O)N2CCCC(N3CCNCC3=O)C2)c1.Cl. The Kier molecular flexibility index (Phi) is 7.83. The molecule has 3 rings (SSSR count). The van der Waals surface area contributed by atoms with Crippen LogP contribution in [0.25, 0.3) is 0 Å². The average molecular weight is 409 g/mol. The van der Waals surface area contributed by atoms with E-state index < -0.39 is 0 Å². The summed E-state index contributed by atoms with van der Waals surface area (Å²) in [6, 6.07) is 7.00. The Morgan fingerprint density at radius 3 is 2.71 bits per heavy atom. The van der Waals surface area contributed by atoms with Crippen molar-refractivity contribution in [2.24, 2.45) is 0 Å². The minimum absolute atomic E-state index is 0. The van der Waals surface area contributed by atoms with Crippen LogP contribution in [-0.2, 0) is 4.79 Å². The van der Waals surface area contributed by atoms with Gasteiger partial charge < -0.3 is 20.0 Å². The number of nitrogens with zero attached hydrogens (tertiary/aromatic N) is 3. The Morgan fingerprint density at radius 2 is 2.00 bits per heavy atom. The summed E-state index contributed by atoms with van der Waals surface area (Å²) in [4.78, 5) is 42.9. The third-order valence-electron chi connectivity index (χ3n) is 5.43. The lowest BCUT2D eigenvalue weighted by molar-refractivity contribution is -0.135. The van der Waals surface area contributed by atoms with E-state index in [1.54, 1.807) is 36.2 Å². The smallest absolute Gasteiger partial charge is 0.253 e. The molecule has 2 aliphatic heterocycles. The summed E-state index contributed by atoms with van der Waals surface area (Å²) in [5.41, 5.74) is 1.05. The molecule has 1 aromatic carbocycles. The van der Waals surface area contributed by atoms with Crippen molar-refractivity contribution < 1.29 is 14.4 Å². The van der Waals surface area contributed by atoms with Gasteiger partial charge in [-0.1, -0.05) is 6.07 Å². The first kappa shape index (κ1) is 22.2. The first-order valence-corrected chi connectivity index (χ1v) is 9.66. The summed E-state index contributed by atoms with van der Waals surface area (Å²) >= 11 is 0. The van der Waals surface area contributed by atoms with Crippen LogP contribution in [0.5, 0.6) is 0 Å². The number of benzene rings is 1. The molecule has 154 valence electrons. The highest BCUT2D eigenvalue weighted by Crippen LogP contribution is 2.20. The van der Waals surface area contributed by atoms with Crippen molar-refractivity contribution in [2.75, 3.05) is 46.3 Å². The molecule has 8 heteroatoms. The van der Waals surface area contributed by atoms with Gasteiger partial charge in [-0.3, -0.25) is 14.4 Å². The topological polar surface area (TPSA) is 73.0 Å². The van der Waals surface area contributed by atoms with Gasteiger partial charge in [0, 0.05) is 56.9 Å². The number of halogens is 1. The molecule has 0 bridgehead atoms. The second kappa shape index (κ2) is 9.89. The van der Waals surface area contributed by atoms with E-state index in [0.29, 0.717) is 43.9 Å². The normalized spacial score (nSPS) is 19.8. The summed E-state index contributed by atoms with van der Waals surface area (Å²) in [6.45, 7) is 5.63. The zero-order chi connectivity index (χ0) is 19.4. The van der Waals surface area contributed by atoms with Crippen molar-refractivity contribution in [3.05, 3.63) is 35.4 Å². The van der Waals surface area contributed by atoms with Gasteiger partial charge in [0.2, 0.25) is 5.91 Å². The third kappa shape index (κ3) is 4.83. The molecule has 0 spiro atoms. The first-order valence-electron chi connectivity index (χ1n) is 9.66. The Hall–Kier alpha value is -2.12. The molecule has 2 aliphatic rings. The van der Waals surface area contributed by atoms with E-state index in [4.69, 9.17) is 0 Å². The van der Waals surface area contributed by atoms with Crippen LogP contribution in [0.1, 0.15) is 40.5 Å². The van der Waals surface area contributed by atoms with Crippen molar-refractivity contribution in [2.45, 2.75) is 25.8 Å². The van der Waals surface area contributed by atoms with Crippen molar-refractivity contribution in [3.63, 3.8) is 0 Å². The van der Waals surface area contributed by atoms with Crippen LogP contribution in [0, 0.1) is 0 Å². The van der Waals surface area contributed by atoms with Gasteiger partial charge in [0.15, 0.2) is 0 Å². The van der Waals surface area contributed by atoms with Gasteiger partial charge in [-0.05, 0) is 38.0 Å². The Balaban J connectivity index is 0.00000280. The number of carbonyl (C=O) groups is 3. The van der Waals surface area contributed by atoms with E-state index in [2.05, 4.69) is 5.32 Å². The molecule has 0 saturated carbocycles. The van der Waals surface area contributed by atoms with Crippen molar-refractivity contribution in [1.29, 1.82) is 0 Å². The van der Waals surface area contributed by atoms with Gasteiger partial charge in [-0.25, -0.2) is 0 Å². The number of amides is 3. The molecule has 0 aromatic heterocycles. The molecular formula is C20H29ClN4O3. The van der Waals surface area contributed by atoms with Crippen LogP contribution in [0.4, 0.5) is 0 Å². The highest BCUT2D eigenvalue weighted by atomic mass is 35.5. The number of carbonyl (C=O) groups excluding carboxylic acids is 3. The van der Waals surface area contributed by atoms with Gasteiger partial charge in [-0.15, -0.1) is 12.4 Å². The van der Waals surface area contributed by atoms with Gasteiger partial charge in [0.25, 0.3) is 11.8 Å². The van der Waals surface area contributed by atoms with Gasteiger partial charge in [0.05, 0.1) is 6.54 Å². The molecule has 0 radical (unpaired) electrons. The number of piperazine rings is 1. The van der Waals surface area contributed by atoms with Crippen molar-refractivity contribution in [1.82, 2.24) is 20.0 Å². The number of hydrogen-bond acceptors (Lipinski definition) is 4. The number of piperidine rings is 1. The number of nitrogens with one attached hydrogen (secondary N) is 1. The van der Waals surface area contributed by atoms with Crippen LogP contribution in [0.2, 0.25) is 0 Å².